The maximum Gasteiger partial charge on any atom is 0.197 e. The number of anilines is 2. The lowest BCUT2D eigenvalue weighted by atomic mass is 10.5. The summed E-state index contributed by atoms with van der Waals surface area (Å²) < 4.78 is 9.22. The maximum absolute atomic E-state index is 8.60. The van der Waals surface area contributed by atoms with Crippen LogP contribution in [-0.2, 0) is 0 Å². The van der Waals surface area contributed by atoms with Gasteiger partial charge in [-0.1, -0.05) is 0 Å². The van der Waals surface area contributed by atoms with Gasteiger partial charge in [0.05, 0.1) is 13.2 Å². The van der Waals surface area contributed by atoms with E-state index in [4.69, 9.17) is 15.6 Å². The van der Waals surface area contributed by atoms with Crippen LogP contribution >= 0.6 is 11.5 Å². The minimum Gasteiger partial charge on any atom is -0.487 e. The van der Waals surface area contributed by atoms with Crippen LogP contribution in [-0.4, -0.2) is 29.2 Å². The zero-order chi connectivity index (χ0) is 9.68. The molecule has 4 N–H and O–H groups in total. The largest absolute Gasteiger partial charge is 0.487 e. The van der Waals surface area contributed by atoms with Crippen molar-refractivity contribution < 1.29 is 9.84 Å². The Kier molecular flexibility index (Phi) is 3.78. The number of hydrogen-bond donors (Lipinski definition) is 3. The van der Waals surface area contributed by atoms with E-state index in [0.717, 1.165) is 5.00 Å². The summed E-state index contributed by atoms with van der Waals surface area (Å²) >= 11 is 1.23. The first-order valence-electron chi connectivity index (χ1n) is 4.02. The Balaban J connectivity index is 2.68. The average molecular weight is 203 g/mol. The fraction of sp³-hybridized carbons (Fsp3) is 0.571. The van der Waals surface area contributed by atoms with Gasteiger partial charge in [0.15, 0.2) is 16.6 Å². The summed E-state index contributed by atoms with van der Waals surface area (Å²) in [5, 5.41) is 12.3. The topological polar surface area (TPSA) is 80.4 Å². The Labute approximate surface area is 80.7 Å². The van der Waals surface area contributed by atoms with Gasteiger partial charge in [0, 0.05) is 6.54 Å². The molecule has 0 amide bonds. The first-order chi connectivity index (χ1) is 6.29. The lowest BCUT2D eigenvalue weighted by molar-refractivity contribution is 0.310. The van der Waals surface area contributed by atoms with Crippen molar-refractivity contribution in [1.82, 2.24) is 4.37 Å². The van der Waals surface area contributed by atoms with E-state index < -0.39 is 0 Å². The van der Waals surface area contributed by atoms with E-state index in [9.17, 15) is 0 Å². The molecule has 1 rings (SSSR count). The van der Waals surface area contributed by atoms with Gasteiger partial charge < -0.3 is 20.9 Å². The molecule has 6 heteroatoms. The Bertz CT molecular complexity index is 264. The third-order valence-electron chi connectivity index (χ3n) is 1.36. The fourth-order valence-corrected chi connectivity index (χ4v) is 1.55. The number of nitrogens with two attached hydrogens (primary N) is 1. The van der Waals surface area contributed by atoms with Gasteiger partial charge in [-0.15, -0.1) is 0 Å². The number of nitrogens with one attached hydrogen (secondary N) is 1. The molecule has 1 heterocycles. The van der Waals surface area contributed by atoms with E-state index in [1.807, 2.05) is 6.92 Å². The van der Waals surface area contributed by atoms with Crippen molar-refractivity contribution in [3.63, 3.8) is 0 Å². The first kappa shape index (κ1) is 10.1. The Morgan fingerprint density at radius 2 is 2.46 bits per heavy atom. The van der Waals surface area contributed by atoms with Gasteiger partial charge in [0.2, 0.25) is 0 Å². The van der Waals surface area contributed by atoms with Crippen LogP contribution in [0.2, 0.25) is 0 Å². The molecule has 0 saturated carbocycles. The van der Waals surface area contributed by atoms with Crippen molar-refractivity contribution >= 4 is 22.4 Å². The predicted molar refractivity (Wildman–Crippen MR) is 53.3 cm³/mol. The molecule has 0 bridgehead atoms. The molecule has 0 aliphatic rings. The van der Waals surface area contributed by atoms with Gasteiger partial charge in [-0.25, -0.2) is 0 Å². The predicted octanol–water partition coefficient (Wildman–Crippen LogP) is 0.528. The number of ether oxygens (including phenoxy) is 1. The quantitative estimate of drug-likeness (QED) is 0.650. The van der Waals surface area contributed by atoms with Crippen LogP contribution in [0.5, 0.6) is 5.75 Å². The third kappa shape index (κ3) is 2.46. The number of hydrogen-bond acceptors (Lipinski definition) is 6. The van der Waals surface area contributed by atoms with Crippen molar-refractivity contribution in [2.45, 2.75) is 6.92 Å². The van der Waals surface area contributed by atoms with Crippen LogP contribution in [0.25, 0.3) is 0 Å². The number of nitrogen functional groups attached to an aromatic ring is 1. The zero-order valence-electron chi connectivity index (χ0n) is 7.41. The van der Waals surface area contributed by atoms with Gasteiger partial charge in [-0.3, -0.25) is 0 Å². The van der Waals surface area contributed by atoms with Crippen molar-refractivity contribution in [2.75, 3.05) is 30.8 Å². The molecule has 0 spiro atoms. The Morgan fingerprint density at radius 3 is 3.08 bits per heavy atom. The summed E-state index contributed by atoms with van der Waals surface area (Å²) in [5.74, 6) is 0.980. The molecule has 13 heavy (non-hydrogen) atoms. The van der Waals surface area contributed by atoms with E-state index in [1.165, 1.54) is 11.5 Å². The average Bonchev–Trinajstić information content (AvgIpc) is 2.46. The van der Waals surface area contributed by atoms with Crippen LogP contribution in [0, 0.1) is 0 Å². The summed E-state index contributed by atoms with van der Waals surface area (Å²) in [6.45, 7) is 2.98. The number of nitrogens with zero attached hydrogens (tertiary/aromatic N) is 1. The molecule has 0 saturated heterocycles. The molecule has 5 nitrogen and oxygen atoms in total. The van der Waals surface area contributed by atoms with E-state index in [0.29, 0.717) is 24.7 Å². The van der Waals surface area contributed by atoms with Crippen LogP contribution in [0.4, 0.5) is 10.8 Å². The minimum atomic E-state index is 0.0728. The van der Waals surface area contributed by atoms with E-state index in [-0.39, 0.29) is 6.61 Å². The van der Waals surface area contributed by atoms with Crippen LogP contribution in [0.1, 0.15) is 6.92 Å². The highest BCUT2D eigenvalue weighted by atomic mass is 32.1. The summed E-state index contributed by atoms with van der Waals surface area (Å²) in [6, 6.07) is 0. The van der Waals surface area contributed by atoms with Crippen molar-refractivity contribution in [1.29, 1.82) is 0 Å². The number of aromatic nitrogens is 1. The van der Waals surface area contributed by atoms with Gasteiger partial charge in [0.1, 0.15) is 0 Å². The standard InChI is InChI=1S/C7H13N3O2S/c1-2-12-5-6(8)10-13-7(5)9-3-4-11/h9,11H,2-4H2,1H3,(H2,8,10). The molecule has 0 radical (unpaired) electrons. The lowest BCUT2D eigenvalue weighted by Crippen LogP contribution is -2.06. The maximum atomic E-state index is 8.60. The summed E-state index contributed by atoms with van der Waals surface area (Å²) in [5.41, 5.74) is 5.57. The Hall–Kier alpha value is -1.01. The highest BCUT2D eigenvalue weighted by molar-refractivity contribution is 7.11. The third-order valence-corrected chi connectivity index (χ3v) is 2.16. The molecular formula is C7H13N3O2S. The number of aliphatic hydroxyl groups is 1. The van der Waals surface area contributed by atoms with Gasteiger partial charge in [0.25, 0.3) is 0 Å². The van der Waals surface area contributed by atoms with Crippen molar-refractivity contribution in [3.8, 4) is 5.75 Å². The first-order valence-corrected chi connectivity index (χ1v) is 4.79. The van der Waals surface area contributed by atoms with Gasteiger partial charge >= 0.3 is 0 Å². The summed E-state index contributed by atoms with van der Waals surface area (Å²) in [7, 11) is 0. The van der Waals surface area contributed by atoms with Gasteiger partial charge in [-0.2, -0.15) is 4.37 Å². The molecule has 0 atom stereocenters. The van der Waals surface area contributed by atoms with Crippen molar-refractivity contribution in [2.24, 2.45) is 0 Å². The smallest absolute Gasteiger partial charge is 0.197 e. The molecule has 74 valence electrons. The molecular weight excluding hydrogens is 190 g/mol. The minimum absolute atomic E-state index is 0.0728. The highest BCUT2D eigenvalue weighted by Gasteiger charge is 2.11. The summed E-state index contributed by atoms with van der Waals surface area (Å²) in [6.07, 6.45) is 0. The second-order valence-electron chi connectivity index (χ2n) is 2.31. The monoisotopic (exact) mass is 203 g/mol. The molecule has 1 aromatic rings. The SMILES string of the molecule is CCOc1c(N)nsc1NCCO. The lowest BCUT2D eigenvalue weighted by Gasteiger charge is -2.05. The normalized spacial score (nSPS) is 10.0. The van der Waals surface area contributed by atoms with Crippen LogP contribution in [0.15, 0.2) is 0 Å². The highest BCUT2D eigenvalue weighted by Crippen LogP contribution is 2.34. The van der Waals surface area contributed by atoms with Crippen LogP contribution in [0.3, 0.4) is 0 Å². The second-order valence-corrected chi connectivity index (χ2v) is 3.08. The van der Waals surface area contributed by atoms with Crippen molar-refractivity contribution in [3.05, 3.63) is 0 Å². The Morgan fingerprint density at radius 1 is 1.69 bits per heavy atom. The van der Waals surface area contributed by atoms with E-state index in [1.54, 1.807) is 0 Å². The second kappa shape index (κ2) is 4.88. The molecule has 0 fully saturated rings. The molecule has 0 aliphatic heterocycles. The number of aliphatic hydroxyl groups excluding tert-OH is 1. The summed E-state index contributed by atoms with van der Waals surface area (Å²) in [4.78, 5) is 0. The number of rotatable bonds is 5. The van der Waals surface area contributed by atoms with E-state index in [2.05, 4.69) is 9.69 Å². The van der Waals surface area contributed by atoms with Gasteiger partial charge in [-0.05, 0) is 18.5 Å². The molecule has 0 aliphatic carbocycles. The van der Waals surface area contributed by atoms with Crippen LogP contribution < -0.4 is 15.8 Å². The molecule has 0 unspecified atom stereocenters. The molecule has 1 aromatic heterocycles. The fourth-order valence-electron chi connectivity index (χ4n) is 0.860. The molecule has 0 aromatic carbocycles. The zero-order valence-corrected chi connectivity index (χ0v) is 8.23. The van der Waals surface area contributed by atoms with E-state index >= 15 is 0 Å².